The van der Waals surface area contributed by atoms with Crippen molar-refractivity contribution >= 4 is 5.97 Å². The molecule has 0 radical (unpaired) electrons. The molecule has 0 N–H and O–H groups in total. The average molecular weight is 447 g/mol. The van der Waals surface area contributed by atoms with Crippen LogP contribution in [0.1, 0.15) is 149 Å². The number of allylic oxidation sites excluding steroid dienone is 5. The van der Waals surface area contributed by atoms with Crippen molar-refractivity contribution in [3.63, 3.8) is 0 Å². The van der Waals surface area contributed by atoms with Gasteiger partial charge in [0, 0.05) is 6.42 Å². The molecule has 186 valence electrons. The van der Waals surface area contributed by atoms with E-state index < -0.39 is 0 Å². The van der Waals surface area contributed by atoms with Gasteiger partial charge in [0.2, 0.25) is 0 Å². The van der Waals surface area contributed by atoms with E-state index in [1.54, 1.807) is 6.08 Å². The van der Waals surface area contributed by atoms with Crippen molar-refractivity contribution in [1.29, 1.82) is 0 Å². The highest BCUT2D eigenvalue weighted by Crippen LogP contribution is 2.13. The number of carbonyl (C=O) groups excluding carboxylic acids is 1. The summed E-state index contributed by atoms with van der Waals surface area (Å²) in [6.07, 6.45) is 38.4. The summed E-state index contributed by atoms with van der Waals surface area (Å²) >= 11 is 0. The fourth-order valence-corrected chi connectivity index (χ4v) is 3.85. The minimum Gasteiger partial charge on any atom is -0.434 e. The molecule has 0 heterocycles. The maximum Gasteiger partial charge on any atom is 0.310 e. The molecule has 2 nitrogen and oxygen atoms in total. The van der Waals surface area contributed by atoms with Crippen LogP contribution in [0.5, 0.6) is 0 Å². The Morgan fingerprint density at radius 1 is 0.531 bits per heavy atom. The maximum absolute atomic E-state index is 11.7. The zero-order valence-corrected chi connectivity index (χ0v) is 21.6. The number of hydrogen-bond donors (Lipinski definition) is 0. The molecule has 0 bridgehead atoms. The van der Waals surface area contributed by atoms with Gasteiger partial charge in [0.1, 0.15) is 0 Å². The van der Waals surface area contributed by atoms with Gasteiger partial charge < -0.3 is 4.74 Å². The van der Waals surface area contributed by atoms with Crippen LogP contribution in [0.25, 0.3) is 0 Å². The lowest BCUT2D eigenvalue weighted by Gasteiger charge is -2.03. The second kappa shape index (κ2) is 27.7. The first kappa shape index (κ1) is 30.7. The molecule has 0 aromatic heterocycles. The van der Waals surface area contributed by atoms with Crippen LogP contribution in [0.15, 0.2) is 36.6 Å². The SMILES string of the molecule is CCCCCCC=CC=CC=COC(=O)CCCCCCCCCCCCCCCCC. The Morgan fingerprint density at radius 2 is 0.969 bits per heavy atom. The van der Waals surface area contributed by atoms with Gasteiger partial charge in [0.05, 0.1) is 6.26 Å². The van der Waals surface area contributed by atoms with Gasteiger partial charge >= 0.3 is 5.97 Å². The van der Waals surface area contributed by atoms with Gasteiger partial charge in [-0.2, -0.15) is 0 Å². The first-order chi connectivity index (χ1) is 15.8. The Bertz CT molecular complexity index is 461. The minimum atomic E-state index is -0.115. The van der Waals surface area contributed by atoms with Gasteiger partial charge in [0.25, 0.3) is 0 Å². The predicted molar refractivity (Wildman–Crippen MR) is 142 cm³/mol. The lowest BCUT2D eigenvalue weighted by atomic mass is 10.0. The van der Waals surface area contributed by atoms with Crippen molar-refractivity contribution in [1.82, 2.24) is 0 Å². The molecular weight excluding hydrogens is 392 g/mol. The summed E-state index contributed by atoms with van der Waals surface area (Å²) in [6.45, 7) is 4.51. The largest absolute Gasteiger partial charge is 0.434 e. The Balaban J connectivity index is 3.33. The van der Waals surface area contributed by atoms with Crippen LogP contribution in [-0.4, -0.2) is 5.97 Å². The molecular formula is C30H54O2. The number of rotatable bonds is 24. The summed E-state index contributed by atoms with van der Waals surface area (Å²) in [6, 6.07) is 0. The molecule has 0 saturated heterocycles. The van der Waals surface area contributed by atoms with Crippen LogP contribution in [0.2, 0.25) is 0 Å². The van der Waals surface area contributed by atoms with Crippen molar-refractivity contribution in [2.75, 3.05) is 0 Å². The van der Waals surface area contributed by atoms with Crippen molar-refractivity contribution in [2.45, 2.75) is 149 Å². The molecule has 0 unspecified atom stereocenters. The summed E-state index contributed by atoms with van der Waals surface area (Å²) in [7, 11) is 0. The summed E-state index contributed by atoms with van der Waals surface area (Å²) in [4.78, 5) is 11.7. The van der Waals surface area contributed by atoms with E-state index in [1.165, 1.54) is 115 Å². The third-order valence-electron chi connectivity index (χ3n) is 5.96. The quantitative estimate of drug-likeness (QED) is 0.0637. The van der Waals surface area contributed by atoms with Crippen LogP contribution in [-0.2, 0) is 9.53 Å². The normalized spacial score (nSPS) is 11.9. The average Bonchev–Trinajstić information content (AvgIpc) is 2.80. The molecule has 0 spiro atoms. The van der Waals surface area contributed by atoms with Crippen LogP contribution in [0.4, 0.5) is 0 Å². The predicted octanol–water partition coefficient (Wildman–Crippen LogP) is 10.4. The summed E-state index contributed by atoms with van der Waals surface area (Å²) < 4.78 is 5.14. The summed E-state index contributed by atoms with van der Waals surface area (Å²) in [5.41, 5.74) is 0. The Kier molecular flexibility index (Phi) is 26.6. The van der Waals surface area contributed by atoms with Gasteiger partial charge in [-0.1, -0.05) is 147 Å². The van der Waals surface area contributed by atoms with Gasteiger partial charge in [-0.15, -0.1) is 0 Å². The molecule has 0 rings (SSSR count). The van der Waals surface area contributed by atoms with Crippen molar-refractivity contribution in [3.8, 4) is 0 Å². The number of unbranched alkanes of at least 4 members (excludes halogenated alkanes) is 18. The van der Waals surface area contributed by atoms with Crippen molar-refractivity contribution < 1.29 is 9.53 Å². The van der Waals surface area contributed by atoms with Gasteiger partial charge in [-0.3, -0.25) is 4.79 Å². The molecule has 0 saturated carbocycles. The minimum absolute atomic E-state index is 0.115. The van der Waals surface area contributed by atoms with Crippen LogP contribution in [0, 0.1) is 0 Å². The Labute approximate surface area is 201 Å². The van der Waals surface area contributed by atoms with Crippen molar-refractivity contribution in [3.05, 3.63) is 36.6 Å². The molecule has 0 atom stereocenters. The molecule has 0 aliphatic rings. The number of carbonyl (C=O) groups is 1. The smallest absolute Gasteiger partial charge is 0.310 e. The Morgan fingerprint density at radius 3 is 1.50 bits per heavy atom. The number of esters is 1. The van der Waals surface area contributed by atoms with Crippen LogP contribution >= 0.6 is 0 Å². The first-order valence-corrected chi connectivity index (χ1v) is 14.0. The number of ether oxygens (including phenoxy) is 1. The van der Waals surface area contributed by atoms with E-state index in [0.29, 0.717) is 6.42 Å². The first-order valence-electron chi connectivity index (χ1n) is 14.0. The van der Waals surface area contributed by atoms with E-state index in [2.05, 4.69) is 26.0 Å². The third-order valence-corrected chi connectivity index (χ3v) is 5.96. The topological polar surface area (TPSA) is 26.3 Å². The monoisotopic (exact) mass is 446 g/mol. The lowest BCUT2D eigenvalue weighted by molar-refractivity contribution is -0.138. The van der Waals surface area contributed by atoms with Gasteiger partial charge in [0.15, 0.2) is 0 Å². The zero-order valence-electron chi connectivity index (χ0n) is 21.6. The fourth-order valence-electron chi connectivity index (χ4n) is 3.85. The van der Waals surface area contributed by atoms with Crippen LogP contribution in [0.3, 0.4) is 0 Å². The highest BCUT2D eigenvalue weighted by Gasteiger charge is 2.00. The van der Waals surface area contributed by atoms with Gasteiger partial charge in [-0.05, 0) is 25.3 Å². The maximum atomic E-state index is 11.7. The molecule has 0 aromatic rings. The summed E-state index contributed by atoms with van der Waals surface area (Å²) in [5.74, 6) is -0.115. The Hall–Kier alpha value is -1.31. The van der Waals surface area contributed by atoms with Gasteiger partial charge in [-0.25, -0.2) is 0 Å². The highest BCUT2D eigenvalue weighted by molar-refractivity contribution is 5.69. The van der Waals surface area contributed by atoms with Crippen molar-refractivity contribution in [2.24, 2.45) is 0 Å². The highest BCUT2D eigenvalue weighted by atomic mass is 16.5. The third kappa shape index (κ3) is 26.7. The standard InChI is InChI=1S/C30H54O2/c1-3-5-7-9-11-13-15-16-17-18-19-20-22-24-26-28-30(31)32-29-27-25-23-21-14-12-10-8-6-4-2/h14,21,23,25,27,29H,3-13,15-20,22,24,26,28H2,1-2H3. The van der Waals surface area contributed by atoms with E-state index >= 15 is 0 Å². The molecule has 0 aliphatic heterocycles. The summed E-state index contributed by atoms with van der Waals surface area (Å²) in [5, 5.41) is 0. The molecule has 32 heavy (non-hydrogen) atoms. The zero-order chi connectivity index (χ0) is 23.4. The fraction of sp³-hybridized carbons (Fsp3) is 0.767. The number of hydrogen-bond acceptors (Lipinski definition) is 2. The molecule has 0 fully saturated rings. The molecule has 0 aromatic carbocycles. The second-order valence-electron chi connectivity index (χ2n) is 9.18. The van der Waals surface area contributed by atoms with E-state index in [9.17, 15) is 4.79 Å². The lowest BCUT2D eigenvalue weighted by Crippen LogP contribution is -1.98. The van der Waals surface area contributed by atoms with E-state index in [1.807, 2.05) is 12.2 Å². The molecule has 0 aliphatic carbocycles. The van der Waals surface area contributed by atoms with E-state index in [4.69, 9.17) is 4.74 Å². The molecule has 2 heteroatoms. The van der Waals surface area contributed by atoms with Crippen LogP contribution < -0.4 is 0 Å². The van der Waals surface area contributed by atoms with E-state index in [0.717, 1.165) is 19.3 Å². The second-order valence-corrected chi connectivity index (χ2v) is 9.18. The van der Waals surface area contributed by atoms with E-state index in [-0.39, 0.29) is 5.97 Å². The molecule has 0 amide bonds.